The molecule has 0 saturated heterocycles. The van der Waals surface area contributed by atoms with E-state index in [1.807, 2.05) is 44.3 Å². The number of rotatable bonds is 5. The maximum atomic E-state index is 12.1. The first-order chi connectivity index (χ1) is 9.97. The summed E-state index contributed by atoms with van der Waals surface area (Å²) < 4.78 is 2.08. The maximum Gasteiger partial charge on any atom is 0.251 e. The Morgan fingerprint density at radius 2 is 1.90 bits per heavy atom. The molecule has 4 heteroatoms. The van der Waals surface area contributed by atoms with Crippen LogP contribution in [0.4, 0.5) is 0 Å². The Labute approximate surface area is 126 Å². The molecule has 0 aliphatic heterocycles. The monoisotopic (exact) mass is 285 g/mol. The Balaban J connectivity index is 2.02. The van der Waals surface area contributed by atoms with Crippen molar-refractivity contribution in [2.75, 3.05) is 0 Å². The van der Waals surface area contributed by atoms with E-state index in [0.717, 1.165) is 17.9 Å². The van der Waals surface area contributed by atoms with Gasteiger partial charge in [0.25, 0.3) is 5.91 Å². The fraction of sp³-hybridized carbons (Fsp3) is 0.412. The summed E-state index contributed by atoms with van der Waals surface area (Å²) in [7, 11) is 0. The Morgan fingerprint density at radius 1 is 1.24 bits per heavy atom. The minimum atomic E-state index is -0.0124. The number of aromatic nitrogens is 2. The van der Waals surface area contributed by atoms with Crippen molar-refractivity contribution in [1.29, 1.82) is 0 Å². The molecule has 1 heterocycles. The molecule has 1 atom stereocenters. The van der Waals surface area contributed by atoms with Gasteiger partial charge in [-0.3, -0.25) is 4.79 Å². The smallest absolute Gasteiger partial charge is 0.251 e. The zero-order chi connectivity index (χ0) is 15.4. The number of hydrogen-bond donors (Lipinski definition) is 1. The van der Waals surface area contributed by atoms with Gasteiger partial charge in [0.15, 0.2) is 0 Å². The fourth-order valence-corrected chi connectivity index (χ4v) is 1.99. The van der Waals surface area contributed by atoms with Crippen LogP contribution in [0.3, 0.4) is 0 Å². The molecule has 4 nitrogen and oxygen atoms in total. The molecule has 112 valence electrons. The Morgan fingerprint density at radius 3 is 2.43 bits per heavy atom. The van der Waals surface area contributed by atoms with Gasteiger partial charge in [-0.2, -0.15) is 0 Å². The number of carbonyl (C=O) groups excluding carboxylic acids is 1. The van der Waals surface area contributed by atoms with Crippen LogP contribution in [0.15, 0.2) is 36.7 Å². The minimum absolute atomic E-state index is 0.0124. The molecule has 0 radical (unpaired) electrons. The standard InChI is InChI=1S/C17H23N3O/c1-12(2)13(3)19-17(21)16-7-5-15(6-8-16)11-20-10-9-18-14(20)4/h5-10,12-13H,11H2,1-4H3,(H,19,21)/t13-/m1/s1. The van der Waals surface area contributed by atoms with Crippen LogP contribution in [-0.4, -0.2) is 21.5 Å². The SMILES string of the molecule is Cc1nccn1Cc1ccc(C(=O)N[C@H](C)C(C)C)cc1. The van der Waals surface area contributed by atoms with E-state index in [9.17, 15) is 4.79 Å². The van der Waals surface area contributed by atoms with Crippen LogP contribution < -0.4 is 5.32 Å². The van der Waals surface area contributed by atoms with Crippen LogP contribution >= 0.6 is 0 Å². The number of aryl methyl sites for hydroxylation is 1. The zero-order valence-electron chi connectivity index (χ0n) is 13.1. The lowest BCUT2D eigenvalue weighted by Gasteiger charge is -2.17. The third-order valence-corrected chi connectivity index (χ3v) is 3.85. The summed E-state index contributed by atoms with van der Waals surface area (Å²) in [4.78, 5) is 16.3. The van der Waals surface area contributed by atoms with Gasteiger partial charge in [-0.1, -0.05) is 26.0 Å². The summed E-state index contributed by atoms with van der Waals surface area (Å²) in [5, 5.41) is 3.02. The summed E-state index contributed by atoms with van der Waals surface area (Å²) in [6, 6.07) is 7.92. The van der Waals surface area contributed by atoms with E-state index in [4.69, 9.17) is 0 Å². The van der Waals surface area contributed by atoms with Crippen molar-refractivity contribution in [3.8, 4) is 0 Å². The van der Waals surface area contributed by atoms with E-state index in [-0.39, 0.29) is 11.9 Å². The summed E-state index contributed by atoms with van der Waals surface area (Å²) >= 11 is 0. The maximum absolute atomic E-state index is 12.1. The molecule has 0 aliphatic rings. The third-order valence-electron chi connectivity index (χ3n) is 3.85. The number of imidazole rings is 1. The minimum Gasteiger partial charge on any atom is -0.349 e. The predicted octanol–water partition coefficient (Wildman–Crippen LogP) is 3.01. The fourth-order valence-electron chi connectivity index (χ4n) is 1.99. The lowest BCUT2D eigenvalue weighted by Crippen LogP contribution is -2.36. The Kier molecular flexibility index (Phi) is 4.78. The van der Waals surface area contributed by atoms with Gasteiger partial charge in [0.05, 0.1) is 0 Å². The second kappa shape index (κ2) is 6.57. The molecule has 1 aromatic heterocycles. The number of hydrogen-bond acceptors (Lipinski definition) is 2. The molecule has 1 amide bonds. The molecule has 1 aromatic carbocycles. The van der Waals surface area contributed by atoms with Gasteiger partial charge in [0.1, 0.15) is 5.82 Å². The van der Waals surface area contributed by atoms with Gasteiger partial charge in [0, 0.05) is 30.5 Å². The van der Waals surface area contributed by atoms with E-state index >= 15 is 0 Å². The van der Waals surface area contributed by atoms with Crippen molar-refractivity contribution in [3.05, 3.63) is 53.6 Å². The van der Waals surface area contributed by atoms with Gasteiger partial charge in [-0.25, -0.2) is 4.98 Å². The summed E-state index contributed by atoms with van der Waals surface area (Å²) in [5.41, 5.74) is 1.86. The predicted molar refractivity (Wildman–Crippen MR) is 84.3 cm³/mol. The number of benzene rings is 1. The second-order valence-electron chi connectivity index (χ2n) is 5.81. The van der Waals surface area contributed by atoms with Gasteiger partial charge < -0.3 is 9.88 Å². The first kappa shape index (κ1) is 15.3. The van der Waals surface area contributed by atoms with Crippen LogP contribution in [-0.2, 0) is 6.54 Å². The van der Waals surface area contributed by atoms with E-state index < -0.39 is 0 Å². The molecule has 0 unspecified atom stereocenters. The van der Waals surface area contributed by atoms with Crippen molar-refractivity contribution in [1.82, 2.24) is 14.9 Å². The van der Waals surface area contributed by atoms with Crippen LogP contribution in [0.1, 0.15) is 42.5 Å². The Bertz CT molecular complexity index is 599. The van der Waals surface area contributed by atoms with Crippen LogP contribution in [0.2, 0.25) is 0 Å². The number of carbonyl (C=O) groups is 1. The molecule has 0 bridgehead atoms. The first-order valence-electron chi connectivity index (χ1n) is 7.35. The number of nitrogens with zero attached hydrogens (tertiary/aromatic N) is 2. The molecular formula is C17H23N3O. The lowest BCUT2D eigenvalue weighted by atomic mass is 10.1. The van der Waals surface area contributed by atoms with Crippen LogP contribution in [0.25, 0.3) is 0 Å². The first-order valence-corrected chi connectivity index (χ1v) is 7.35. The van der Waals surface area contributed by atoms with Crippen molar-refractivity contribution in [3.63, 3.8) is 0 Å². The molecule has 2 aromatic rings. The van der Waals surface area contributed by atoms with E-state index in [1.165, 1.54) is 0 Å². The highest BCUT2D eigenvalue weighted by Gasteiger charge is 2.12. The molecule has 0 saturated carbocycles. The van der Waals surface area contributed by atoms with Gasteiger partial charge in [-0.15, -0.1) is 0 Å². The average molecular weight is 285 g/mol. The molecule has 1 N–H and O–H groups in total. The highest BCUT2D eigenvalue weighted by atomic mass is 16.1. The van der Waals surface area contributed by atoms with E-state index in [1.54, 1.807) is 6.20 Å². The summed E-state index contributed by atoms with van der Waals surface area (Å²) in [6.45, 7) is 8.98. The van der Waals surface area contributed by atoms with Crippen LogP contribution in [0.5, 0.6) is 0 Å². The summed E-state index contributed by atoms with van der Waals surface area (Å²) in [6.07, 6.45) is 3.75. The van der Waals surface area contributed by atoms with Crippen molar-refractivity contribution < 1.29 is 4.79 Å². The van der Waals surface area contributed by atoms with Gasteiger partial charge in [-0.05, 0) is 37.5 Å². The number of nitrogens with one attached hydrogen (secondary N) is 1. The van der Waals surface area contributed by atoms with Crippen molar-refractivity contribution >= 4 is 5.91 Å². The van der Waals surface area contributed by atoms with Crippen molar-refractivity contribution in [2.45, 2.75) is 40.3 Å². The zero-order valence-corrected chi connectivity index (χ0v) is 13.1. The topological polar surface area (TPSA) is 46.9 Å². The van der Waals surface area contributed by atoms with Gasteiger partial charge >= 0.3 is 0 Å². The normalized spacial score (nSPS) is 12.4. The molecule has 21 heavy (non-hydrogen) atoms. The molecule has 0 spiro atoms. The Hall–Kier alpha value is -2.10. The molecule has 2 rings (SSSR count). The second-order valence-corrected chi connectivity index (χ2v) is 5.81. The van der Waals surface area contributed by atoms with Crippen molar-refractivity contribution in [2.24, 2.45) is 5.92 Å². The third kappa shape index (κ3) is 3.94. The molecule has 0 fully saturated rings. The highest BCUT2D eigenvalue weighted by molar-refractivity contribution is 5.94. The molecular weight excluding hydrogens is 262 g/mol. The quantitative estimate of drug-likeness (QED) is 0.918. The average Bonchev–Trinajstić information content (AvgIpc) is 2.85. The van der Waals surface area contributed by atoms with Crippen LogP contribution in [0, 0.1) is 12.8 Å². The summed E-state index contributed by atoms with van der Waals surface area (Å²) in [5.74, 6) is 1.40. The van der Waals surface area contributed by atoms with E-state index in [0.29, 0.717) is 11.5 Å². The van der Waals surface area contributed by atoms with Gasteiger partial charge in [0.2, 0.25) is 0 Å². The lowest BCUT2D eigenvalue weighted by molar-refractivity contribution is 0.0930. The largest absolute Gasteiger partial charge is 0.349 e. The number of amides is 1. The van der Waals surface area contributed by atoms with E-state index in [2.05, 4.69) is 28.7 Å². The highest BCUT2D eigenvalue weighted by Crippen LogP contribution is 2.09. The molecule has 0 aliphatic carbocycles.